The van der Waals surface area contributed by atoms with E-state index >= 15 is 0 Å². The van der Waals surface area contributed by atoms with Gasteiger partial charge in [0.1, 0.15) is 5.82 Å². The molecule has 5 heteroatoms. The smallest absolute Gasteiger partial charge is 0.167 e. The highest BCUT2D eigenvalue weighted by atomic mass is 19.2. The molecule has 1 saturated heterocycles. The van der Waals surface area contributed by atoms with Crippen molar-refractivity contribution in [2.24, 2.45) is 5.92 Å². The molecule has 0 radical (unpaired) electrons. The van der Waals surface area contributed by atoms with Gasteiger partial charge in [-0.1, -0.05) is 45.2 Å². The second-order valence-electron chi connectivity index (χ2n) is 9.68. The van der Waals surface area contributed by atoms with Gasteiger partial charge in [0, 0.05) is 35.4 Å². The molecule has 1 saturated carbocycles. The number of aromatic nitrogens is 2. The fourth-order valence-electron chi connectivity index (χ4n) is 5.51. The molecule has 3 nitrogen and oxygen atoms in total. The fourth-order valence-corrected chi connectivity index (χ4v) is 5.51. The molecular weight excluding hydrogens is 406 g/mol. The van der Waals surface area contributed by atoms with E-state index in [4.69, 9.17) is 4.74 Å². The van der Waals surface area contributed by atoms with Gasteiger partial charge in [0.15, 0.2) is 11.6 Å². The average molecular weight is 443 g/mol. The van der Waals surface area contributed by atoms with Gasteiger partial charge < -0.3 is 4.74 Å². The van der Waals surface area contributed by atoms with E-state index in [1.54, 1.807) is 24.5 Å². The third-order valence-electron chi connectivity index (χ3n) is 7.42. The molecule has 0 spiro atoms. The van der Waals surface area contributed by atoms with Crippen LogP contribution in [0.5, 0.6) is 0 Å². The van der Waals surface area contributed by atoms with E-state index in [2.05, 4.69) is 23.8 Å². The van der Waals surface area contributed by atoms with Crippen molar-refractivity contribution in [3.63, 3.8) is 0 Å². The third-order valence-corrected chi connectivity index (χ3v) is 7.42. The quantitative estimate of drug-likeness (QED) is 0.444. The lowest BCUT2D eigenvalue weighted by atomic mass is 9.80. The van der Waals surface area contributed by atoms with Gasteiger partial charge in [0.05, 0.1) is 12.7 Å². The second kappa shape index (κ2) is 10.8. The molecule has 1 aliphatic heterocycles. The van der Waals surface area contributed by atoms with Crippen LogP contribution in [0.2, 0.25) is 0 Å². The first-order valence-corrected chi connectivity index (χ1v) is 12.5. The van der Waals surface area contributed by atoms with Crippen molar-refractivity contribution >= 4 is 0 Å². The average Bonchev–Trinajstić information content (AvgIpc) is 2.83. The van der Waals surface area contributed by atoms with E-state index in [0.717, 1.165) is 50.3 Å². The maximum atomic E-state index is 15.0. The van der Waals surface area contributed by atoms with Crippen LogP contribution in [0.4, 0.5) is 8.78 Å². The first kappa shape index (κ1) is 23.3. The molecule has 1 aromatic heterocycles. The monoisotopic (exact) mass is 442 g/mol. The Hall–Kier alpha value is -1.88. The van der Waals surface area contributed by atoms with Crippen LogP contribution in [0.3, 0.4) is 0 Å². The molecule has 2 unspecified atom stereocenters. The molecule has 4 rings (SSSR count). The van der Waals surface area contributed by atoms with Crippen LogP contribution in [0.25, 0.3) is 11.1 Å². The summed E-state index contributed by atoms with van der Waals surface area (Å²) in [5.74, 6) is 0.385. The van der Waals surface area contributed by atoms with E-state index < -0.39 is 11.6 Å². The van der Waals surface area contributed by atoms with Gasteiger partial charge in [-0.2, -0.15) is 0 Å². The van der Waals surface area contributed by atoms with Crippen molar-refractivity contribution in [3.8, 4) is 11.1 Å². The van der Waals surface area contributed by atoms with E-state index in [0.29, 0.717) is 23.7 Å². The zero-order valence-electron chi connectivity index (χ0n) is 19.5. The van der Waals surface area contributed by atoms with Gasteiger partial charge in [-0.15, -0.1) is 0 Å². The Labute approximate surface area is 191 Å². The van der Waals surface area contributed by atoms with E-state index in [-0.39, 0.29) is 17.6 Å². The van der Waals surface area contributed by atoms with Crippen molar-refractivity contribution in [2.75, 3.05) is 6.61 Å². The summed E-state index contributed by atoms with van der Waals surface area (Å²) in [5, 5.41) is 0. The SMILES string of the molecule is CCCC1CCC(c2ncc(-c3ccc(C4CCC(CCC)OC4)c(F)c3F)cn2)CC1. The molecule has 2 aliphatic rings. The first-order chi connectivity index (χ1) is 15.6. The molecule has 2 aromatic rings. The number of ether oxygens (including phenoxy) is 1. The summed E-state index contributed by atoms with van der Waals surface area (Å²) in [7, 11) is 0. The molecule has 2 atom stereocenters. The van der Waals surface area contributed by atoms with Gasteiger partial charge >= 0.3 is 0 Å². The highest BCUT2D eigenvalue weighted by molar-refractivity contribution is 5.63. The van der Waals surface area contributed by atoms with Crippen LogP contribution in [0.1, 0.15) is 101 Å². The van der Waals surface area contributed by atoms with Crippen LogP contribution >= 0.6 is 0 Å². The molecule has 174 valence electrons. The maximum Gasteiger partial charge on any atom is 0.167 e. The zero-order valence-corrected chi connectivity index (χ0v) is 19.5. The Balaban J connectivity index is 1.43. The van der Waals surface area contributed by atoms with E-state index in [9.17, 15) is 8.78 Å². The topological polar surface area (TPSA) is 35.0 Å². The lowest BCUT2D eigenvalue weighted by Crippen LogP contribution is -2.25. The summed E-state index contributed by atoms with van der Waals surface area (Å²) >= 11 is 0. The van der Waals surface area contributed by atoms with Crippen molar-refractivity contribution in [2.45, 2.75) is 96.0 Å². The summed E-state index contributed by atoms with van der Waals surface area (Å²) in [6.07, 6.45) is 14.6. The molecule has 0 amide bonds. The van der Waals surface area contributed by atoms with Gasteiger partial charge in [-0.3, -0.25) is 0 Å². The summed E-state index contributed by atoms with van der Waals surface area (Å²) in [5.41, 5.74) is 1.17. The molecule has 2 heterocycles. The molecule has 1 aromatic carbocycles. The first-order valence-electron chi connectivity index (χ1n) is 12.5. The minimum absolute atomic E-state index is 0.0897. The van der Waals surface area contributed by atoms with Crippen LogP contribution in [-0.2, 0) is 4.74 Å². The normalized spacial score (nSPS) is 26.2. The van der Waals surface area contributed by atoms with Crippen molar-refractivity contribution < 1.29 is 13.5 Å². The summed E-state index contributed by atoms with van der Waals surface area (Å²) in [4.78, 5) is 9.08. The number of rotatable bonds is 7. The minimum Gasteiger partial charge on any atom is -0.378 e. The number of nitrogens with zero attached hydrogens (tertiary/aromatic N) is 2. The lowest BCUT2D eigenvalue weighted by Gasteiger charge is -2.29. The number of halogens is 2. The maximum absolute atomic E-state index is 15.0. The number of benzene rings is 1. The Morgan fingerprint density at radius 3 is 2.16 bits per heavy atom. The summed E-state index contributed by atoms with van der Waals surface area (Å²) < 4.78 is 35.9. The van der Waals surface area contributed by atoms with Crippen LogP contribution in [0, 0.1) is 17.6 Å². The highest BCUT2D eigenvalue weighted by Crippen LogP contribution is 2.37. The minimum atomic E-state index is -0.811. The molecule has 2 fully saturated rings. The van der Waals surface area contributed by atoms with E-state index in [1.807, 2.05) is 0 Å². The molecular formula is C27H36F2N2O. The predicted octanol–water partition coefficient (Wildman–Crippen LogP) is 7.56. The van der Waals surface area contributed by atoms with Crippen LogP contribution < -0.4 is 0 Å². The zero-order chi connectivity index (χ0) is 22.5. The molecule has 1 aliphatic carbocycles. The van der Waals surface area contributed by atoms with Crippen LogP contribution in [0.15, 0.2) is 24.5 Å². The predicted molar refractivity (Wildman–Crippen MR) is 124 cm³/mol. The van der Waals surface area contributed by atoms with Crippen molar-refractivity contribution in [3.05, 3.63) is 47.5 Å². The third kappa shape index (κ3) is 5.19. The molecule has 32 heavy (non-hydrogen) atoms. The summed E-state index contributed by atoms with van der Waals surface area (Å²) in [6.45, 7) is 4.84. The largest absolute Gasteiger partial charge is 0.378 e. The number of hydrogen-bond donors (Lipinski definition) is 0. The van der Waals surface area contributed by atoms with Gasteiger partial charge in [0.2, 0.25) is 0 Å². The molecule has 0 bridgehead atoms. The second-order valence-corrected chi connectivity index (χ2v) is 9.68. The van der Waals surface area contributed by atoms with Crippen molar-refractivity contribution in [1.82, 2.24) is 9.97 Å². The Kier molecular flexibility index (Phi) is 7.88. The van der Waals surface area contributed by atoms with Gasteiger partial charge in [-0.05, 0) is 56.4 Å². The molecule has 0 N–H and O–H groups in total. The standard InChI is InChI=1S/C27H36F2N2O/c1-3-5-18-7-9-19(10-8-18)27-30-15-21(16-31-27)24-14-13-23(25(28)26(24)29)20-11-12-22(6-4-2)32-17-20/h13-16,18-20,22H,3-12,17H2,1-2H3. The van der Waals surface area contributed by atoms with Crippen LogP contribution in [-0.4, -0.2) is 22.7 Å². The van der Waals surface area contributed by atoms with E-state index in [1.165, 1.54) is 25.7 Å². The fraction of sp³-hybridized carbons (Fsp3) is 0.630. The van der Waals surface area contributed by atoms with Gasteiger partial charge in [-0.25, -0.2) is 18.7 Å². The Morgan fingerprint density at radius 1 is 0.844 bits per heavy atom. The Morgan fingerprint density at radius 2 is 1.53 bits per heavy atom. The Bertz CT molecular complexity index is 870. The lowest BCUT2D eigenvalue weighted by molar-refractivity contribution is -0.00181. The van der Waals surface area contributed by atoms with Crippen molar-refractivity contribution in [1.29, 1.82) is 0 Å². The highest BCUT2D eigenvalue weighted by Gasteiger charge is 2.27. The number of hydrogen-bond acceptors (Lipinski definition) is 3. The van der Waals surface area contributed by atoms with Gasteiger partial charge in [0.25, 0.3) is 0 Å². The summed E-state index contributed by atoms with van der Waals surface area (Å²) in [6, 6.07) is 3.38.